The number of urea groups is 1. The van der Waals surface area contributed by atoms with Crippen molar-refractivity contribution in [3.63, 3.8) is 0 Å². The summed E-state index contributed by atoms with van der Waals surface area (Å²) in [6.07, 6.45) is -1.27. The summed E-state index contributed by atoms with van der Waals surface area (Å²) in [6, 6.07) is 14.3. The first-order valence-corrected chi connectivity index (χ1v) is 8.47. The lowest BCUT2D eigenvalue weighted by atomic mass is 10.0. The Balaban J connectivity index is 1.47. The maximum Gasteiger partial charge on any atom is 0.319 e. The molecule has 2 aromatic carbocycles. The second kappa shape index (κ2) is 7.14. The zero-order valence-corrected chi connectivity index (χ0v) is 14.2. The third-order valence-electron chi connectivity index (χ3n) is 4.44. The number of benzene rings is 2. The molecule has 3 aromatic rings. The molecule has 1 aromatic heterocycles. The minimum absolute atomic E-state index is 0.111. The molecule has 8 heteroatoms. The van der Waals surface area contributed by atoms with Crippen molar-refractivity contribution in [2.24, 2.45) is 0 Å². The van der Waals surface area contributed by atoms with Gasteiger partial charge >= 0.3 is 12.5 Å². The zero-order chi connectivity index (χ0) is 18.8. The predicted molar refractivity (Wildman–Crippen MR) is 94.3 cm³/mol. The van der Waals surface area contributed by atoms with Gasteiger partial charge in [0.25, 0.3) is 5.89 Å². The van der Waals surface area contributed by atoms with E-state index in [9.17, 15) is 13.6 Å². The van der Waals surface area contributed by atoms with Crippen LogP contribution in [0.4, 0.5) is 19.3 Å². The van der Waals surface area contributed by atoms with E-state index >= 15 is 0 Å². The average Bonchev–Trinajstić information content (AvgIpc) is 3.30. The molecule has 0 saturated heterocycles. The van der Waals surface area contributed by atoms with Crippen molar-refractivity contribution in [2.75, 3.05) is 5.32 Å². The molecule has 1 heterocycles. The van der Waals surface area contributed by atoms with E-state index in [1.807, 2.05) is 42.5 Å². The minimum Gasteiger partial charge on any atom is -0.333 e. The maximum absolute atomic E-state index is 12.6. The smallest absolute Gasteiger partial charge is 0.319 e. The largest absolute Gasteiger partial charge is 0.333 e. The van der Waals surface area contributed by atoms with Crippen LogP contribution in [0.3, 0.4) is 0 Å². The molecule has 0 aliphatic heterocycles. The summed E-state index contributed by atoms with van der Waals surface area (Å²) in [6.45, 7) is 0. The summed E-state index contributed by atoms with van der Waals surface area (Å²) in [4.78, 5) is 15.9. The highest BCUT2D eigenvalue weighted by molar-refractivity contribution is 5.89. The summed E-state index contributed by atoms with van der Waals surface area (Å²) < 4.78 is 29.8. The Morgan fingerprint density at radius 3 is 2.74 bits per heavy atom. The quantitative estimate of drug-likeness (QED) is 0.709. The molecule has 0 saturated carbocycles. The van der Waals surface area contributed by atoms with Crippen molar-refractivity contribution in [1.82, 2.24) is 15.5 Å². The predicted octanol–water partition coefficient (Wildman–Crippen LogP) is 4.48. The molecule has 1 aliphatic rings. The normalized spacial score (nSPS) is 15.6. The fourth-order valence-electron chi connectivity index (χ4n) is 3.19. The van der Waals surface area contributed by atoms with Crippen LogP contribution in [-0.4, -0.2) is 16.2 Å². The van der Waals surface area contributed by atoms with Crippen LogP contribution in [0.5, 0.6) is 0 Å². The third-order valence-corrected chi connectivity index (χ3v) is 4.44. The summed E-state index contributed by atoms with van der Waals surface area (Å²) in [5, 5.41) is 9.36. The van der Waals surface area contributed by atoms with Crippen LogP contribution in [0.15, 0.2) is 53.1 Å². The molecule has 0 spiro atoms. The van der Waals surface area contributed by atoms with Crippen molar-refractivity contribution >= 4 is 11.7 Å². The van der Waals surface area contributed by atoms with Gasteiger partial charge in [0.05, 0.1) is 6.04 Å². The van der Waals surface area contributed by atoms with Crippen molar-refractivity contribution in [3.8, 4) is 11.4 Å². The van der Waals surface area contributed by atoms with E-state index in [2.05, 4.69) is 25.3 Å². The fraction of sp³-hybridized carbons (Fsp3) is 0.211. The number of hydrogen-bond donors (Lipinski definition) is 2. The maximum atomic E-state index is 12.6. The topological polar surface area (TPSA) is 80.0 Å². The number of halogens is 2. The molecule has 2 amide bonds. The lowest BCUT2D eigenvalue weighted by Crippen LogP contribution is -2.31. The molecule has 0 fully saturated rings. The molecule has 0 radical (unpaired) electrons. The highest BCUT2D eigenvalue weighted by Gasteiger charge is 2.25. The number of carbonyl (C=O) groups excluding carboxylic acids is 1. The molecule has 1 aliphatic carbocycles. The van der Waals surface area contributed by atoms with Crippen LogP contribution in [0.2, 0.25) is 0 Å². The number of nitrogens with one attached hydrogen (secondary N) is 2. The molecule has 138 valence electrons. The van der Waals surface area contributed by atoms with E-state index in [0.717, 1.165) is 29.7 Å². The lowest BCUT2D eigenvalue weighted by Gasteiger charge is -2.15. The number of carbonyl (C=O) groups is 1. The molecule has 1 unspecified atom stereocenters. The lowest BCUT2D eigenvalue weighted by molar-refractivity contribution is 0.106. The Morgan fingerprint density at radius 1 is 1.19 bits per heavy atom. The van der Waals surface area contributed by atoms with E-state index in [1.54, 1.807) is 6.07 Å². The standard InChI is InChI=1S/C19H16F2N4O2/c20-16(21)18-24-17(25-27-18)12-6-8-14-11(10-12)7-9-15(14)23-19(26)22-13-4-2-1-3-5-13/h1-6,8,10,15-16H,7,9H2,(H2,22,23,26). The van der Waals surface area contributed by atoms with Crippen LogP contribution in [0.25, 0.3) is 11.4 Å². The molecule has 0 bridgehead atoms. The summed E-state index contributed by atoms with van der Waals surface area (Å²) >= 11 is 0. The zero-order valence-electron chi connectivity index (χ0n) is 14.2. The molecule has 27 heavy (non-hydrogen) atoms. The first kappa shape index (κ1) is 17.1. The first-order chi connectivity index (χ1) is 13.1. The second-order valence-corrected chi connectivity index (χ2v) is 6.23. The van der Waals surface area contributed by atoms with E-state index in [0.29, 0.717) is 5.56 Å². The number of alkyl halides is 2. The number of fused-ring (bicyclic) bond motifs is 1. The van der Waals surface area contributed by atoms with E-state index in [4.69, 9.17) is 0 Å². The monoisotopic (exact) mass is 370 g/mol. The van der Waals surface area contributed by atoms with Crippen molar-refractivity contribution in [2.45, 2.75) is 25.3 Å². The van der Waals surface area contributed by atoms with Gasteiger partial charge in [-0.05, 0) is 42.2 Å². The van der Waals surface area contributed by atoms with Gasteiger partial charge in [-0.2, -0.15) is 13.8 Å². The Labute approximate surface area is 153 Å². The number of para-hydroxylation sites is 1. The van der Waals surface area contributed by atoms with Gasteiger partial charge in [0.2, 0.25) is 5.82 Å². The van der Waals surface area contributed by atoms with Gasteiger partial charge in [0.15, 0.2) is 0 Å². The number of amides is 2. The van der Waals surface area contributed by atoms with Crippen LogP contribution in [-0.2, 0) is 6.42 Å². The van der Waals surface area contributed by atoms with Crippen LogP contribution < -0.4 is 10.6 Å². The minimum atomic E-state index is -2.79. The van der Waals surface area contributed by atoms with Gasteiger partial charge in [-0.15, -0.1) is 0 Å². The van der Waals surface area contributed by atoms with Gasteiger partial charge in [0, 0.05) is 11.3 Å². The molecular weight excluding hydrogens is 354 g/mol. The van der Waals surface area contributed by atoms with Crippen LogP contribution in [0, 0.1) is 0 Å². The van der Waals surface area contributed by atoms with Gasteiger partial charge in [-0.1, -0.05) is 35.5 Å². The summed E-state index contributed by atoms with van der Waals surface area (Å²) in [5.41, 5.74) is 3.36. The Bertz CT molecular complexity index is 959. The number of rotatable bonds is 4. The van der Waals surface area contributed by atoms with Crippen molar-refractivity contribution in [1.29, 1.82) is 0 Å². The summed E-state index contributed by atoms with van der Waals surface area (Å²) in [5.74, 6) is -0.561. The number of aromatic nitrogens is 2. The molecule has 4 rings (SSSR count). The third kappa shape index (κ3) is 3.64. The Morgan fingerprint density at radius 2 is 2.00 bits per heavy atom. The highest BCUT2D eigenvalue weighted by Crippen LogP contribution is 2.34. The molecule has 6 nitrogen and oxygen atoms in total. The fourth-order valence-corrected chi connectivity index (χ4v) is 3.19. The molecular formula is C19H16F2N4O2. The van der Waals surface area contributed by atoms with Crippen LogP contribution in [0.1, 0.15) is 35.9 Å². The number of anilines is 1. The van der Waals surface area contributed by atoms with Crippen molar-refractivity contribution < 1.29 is 18.1 Å². The van der Waals surface area contributed by atoms with Gasteiger partial charge in [-0.25, -0.2) is 4.79 Å². The van der Waals surface area contributed by atoms with Crippen molar-refractivity contribution in [3.05, 3.63) is 65.5 Å². The highest BCUT2D eigenvalue weighted by atomic mass is 19.3. The second-order valence-electron chi connectivity index (χ2n) is 6.23. The van der Waals surface area contributed by atoms with E-state index in [-0.39, 0.29) is 17.9 Å². The number of nitrogens with zero attached hydrogens (tertiary/aromatic N) is 2. The number of aryl methyl sites for hydroxylation is 1. The molecule has 2 N–H and O–H groups in total. The van der Waals surface area contributed by atoms with Gasteiger partial charge in [-0.3, -0.25) is 0 Å². The number of hydrogen-bond acceptors (Lipinski definition) is 4. The van der Waals surface area contributed by atoms with Gasteiger partial charge in [0.1, 0.15) is 0 Å². The SMILES string of the molecule is O=C(Nc1ccccc1)NC1CCc2cc(-c3noc(C(F)F)n3)ccc21. The van der Waals surface area contributed by atoms with Gasteiger partial charge < -0.3 is 15.2 Å². The van der Waals surface area contributed by atoms with E-state index in [1.165, 1.54) is 0 Å². The Kier molecular flexibility index (Phi) is 4.53. The van der Waals surface area contributed by atoms with Crippen LogP contribution >= 0.6 is 0 Å². The summed E-state index contributed by atoms with van der Waals surface area (Å²) in [7, 11) is 0. The first-order valence-electron chi connectivity index (χ1n) is 8.47. The Hall–Kier alpha value is -3.29. The molecule has 1 atom stereocenters. The van der Waals surface area contributed by atoms with E-state index < -0.39 is 12.3 Å². The average molecular weight is 370 g/mol.